The van der Waals surface area contributed by atoms with Gasteiger partial charge >= 0.3 is 0 Å². The van der Waals surface area contributed by atoms with Gasteiger partial charge in [-0.25, -0.2) is 9.13 Å². The van der Waals surface area contributed by atoms with Crippen LogP contribution in [0, 0.1) is 0 Å². The number of halogens is 1. The van der Waals surface area contributed by atoms with Crippen LogP contribution < -0.4 is 0 Å². The highest BCUT2D eigenvalue weighted by Crippen LogP contribution is 1.83. The lowest BCUT2D eigenvalue weighted by Gasteiger charge is -1.33. The van der Waals surface area contributed by atoms with E-state index in [9.17, 15) is 0 Å². The zero-order valence-corrected chi connectivity index (χ0v) is 5.57. The van der Waals surface area contributed by atoms with Crippen LogP contribution in [0.5, 0.6) is 0 Å². The summed E-state index contributed by atoms with van der Waals surface area (Å²) < 4.78 is 18.2. The summed E-state index contributed by atoms with van der Waals surface area (Å²) in [5.41, 5.74) is 0. The van der Waals surface area contributed by atoms with Gasteiger partial charge in [-0.1, -0.05) is 0 Å². The molecule has 5 heteroatoms. The van der Waals surface area contributed by atoms with Crippen molar-refractivity contribution >= 4 is 17.1 Å². The monoisotopic (exact) mass is 114 g/mol. The van der Waals surface area contributed by atoms with E-state index in [0.29, 0.717) is 9.91 Å². The van der Waals surface area contributed by atoms with Crippen molar-refractivity contribution in [3.63, 3.8) is 0 Å². The van der Waals surface area contributed by atoms with Crippen LogP contribution in [0.3, 0.4) is 0 Å². The molecule has 0 saturated carbocycles. The highest BCUT2D eigenvalue weighted by atomic mass is 31.3. The second kappa shape index (κ2) is 4.05. The summed E-state index contributed by atoms with van der Waals surface area (Å²) in [6.45, 7) is 0. The highest BCUT2D eigenvalue weighted by Gasteiger charge is 1.55. The summed E-state index contributed by atoms with van der Waals surface area (Å²) in [5, 5.41) is 0. The molecule has 0 atom stereocenters. The Balaban J connectivity index is 0. The minimum Gasteiger partial charge on any atom is -0.269 e. The van der Waals surface area contributed by atoms with Crippen LogP contribution in [-0.2, 0) is 9.13 Å². The molecule has 0 heterocycles. The predicted octanol–water partition coefficient (Wildman–Crippen LogP) is -0.408. The van der Waals surface area contributed by atoms with Crippen molar-refractivity contribution in [2.75, 3.05) is 0 Å². The molecule has 0 aromatic carbocycles. The zero-order chi connectivity index (χ0) is 3.58. The van der Waals surface area contributed by atoms with Crippen LogP contribution in [0.25, 0.3) is 0 Å². The molecule has 0 unspecified atom stereocenters. The fraction of sp³-hybridized carbons (Fsp3) is 0. The maximum Gasteiger partial charge on any atom is 0.266 e. The van der Waals surface area contributed by atoms with E-state index >= 15 is 0 Å². The highest BCUT2D eigenvalue weighted by molar-refractivity contribution is 7.61. The van der Waals surface area contributed by atoms with Crippen LogP contribution in [-0.4, -0.2) is 9.91 Å². The summed E-state index contributed by atoms with van der Waals surface area (Å²) in [6.07, 6.45) is 0. The Kier molecular flexibility index (Phi) is 7.21. The third kappa shape index (κ3) is 7710. The molecule has 5 heavy (non-hydrogen) atoms. The Hall–Kier alpha value is 0.0469. The number of rotatable bonds is 0. The first-order chi connectivity index (χ1) is 1.73. The summed E-state index contributed by atoms with van der Waals surface area (Å²) in [6, 6.07) is 0. The molecule has 2 nitrogen and oxygen atoms in total. The van der Waals surface area contributed by atoms with Crippen molar-refractivity contribution in [2.45, 2.75) is 0 Å². The minimum absolute atomic E-state index is 0. The fourth-order valence-electron chi connectivity index (χ4n) is 0. The number of hydrogen-bond acceptors (Lipinski definition) is 2. The van der Waals surface area contributed by atoms with E-state index in [1.54, 1.807) is 0 Å². The molecule has 0 spiro atoms. The van der Waals surface area contributed by atoms with Crippen molar-refractivity contribution in [3.05, 3.63) is 0 Å². The fourth-order valence-corrected chi connectivity index (χ4v) is 0. The largest absolute Gasteiger partial charge is 0.269 e. The first kappa shape index (κ1) is 8.90. The molecule has 0 aromatic heterocycles. The van der Waals surface area contributed by atoms with Crippen molar-refractivity contribution in [1.29, 1.82) is 0 Å². The molecule has 0 radical (unpaired) electrons. The van der Waals surface area contributed by atoms with E-state index in [1.165, 1.54) is 0 Å². The lowest BCUT2D eigenvalue weighted by molar-refractivity contribution is 0.526. The van der Waals surface area contributed by atoms with E-state index in [4.69, 9.17) is 9.13 Å². The summed E-state index contributed by atoms with van der Waals surface area (Å²) in [7, 11) is -1.68. The summed E-state index contributed by atoms with van der Waals surface area (Å²) in [5.74, 6) is 0. The Morgan fingerprint density at radius 3 is 1.40 bits per heavy atom. The maximum absolute atomic E-state index is 9.10. The Morgan fingerprint density at radius 1 is 1.40 bits per heavy atom. The lowest BCUT2D eigenvalue weighted by Crippen LogP contribution is -1.22. The molecular formula is H4FO2PSi. The standard InChI is InChI=1S/FH.H3O2PSi/c;1-3(2)4/h1H;4H3. The molecule has 0 aromatic rings. The topological polar surface area (TPSA) is 34.1 Å². The van der Waals surface area contributed by atoms with Crippen LogP contribution in [0.2, 0.25) is 0 Å². The van der Waals surface area contributed by atoms with Gasteiger partial charge in [0.25, 0.3) is 7.23 Å². The SMILES string of the molecule is F.O=P(=O)[SiH3]. The van der Waals surface area contributed by atoms with Crippen molar-refractivity contribution in [1.82, 2.24) is 0 Å². The maximum atomic E-state index is 9.10. The van der Waals surface area contributed by atoms with Gasteiger partial charge in [0.05, 0.1) is 0 Å². The molecule has 32 valence electrons. The summed E-state index contributed by atoms with van der Waals surface area (Å²) in [4.78, 5) is 0. The molecule has 0 rings (SSSR count). The second-order valence-corrected chi connectivity index (χ2v) is 3.51. The first-order valence-corrected chi connectivity index (χ1v) is 5.12. The van der Waals surface area contributed by atoms with Crippen LogP contribution in [0.4, 0.5) is 4.70 Å². The minimum atomic E-state index is -1.98. The third-order valence-electron chi connectivity index (χ3n) is 0. The average Bonchev–Trinajstić information content (AvgIpc) is 0.811. The van der Waals surface area contributed by atoms with Gasteiger partial charge < -0.3 is 0 Å². The summed E-state index contributed by atoms with van der Waals surface area (Å²) >= 11 is 0. The quantitative estimate of drug-likeness (QED) is 0.317. The van der Waals surface area contributed by atoms with E-state index in [-0.39, 0.29) is 4.70 Å². The second-order valence-electron chi connectivity index (χ2n) is 0.440. The van der Waals surface area contributed by atoms with Gasteiger partial charge in [-0.15, -0.1) is 0 Å². The van der Waals surface area contributed by atoms with Crippen molar-refractivity contribution < 1.29 is 13.8 Å². The van der Waals surface area contributed by atoms with Gasteiger partial charge in [-0.05, 0) is 0 Å². The molecule has 0 aliphatic heterocycles. The van der Waals surface area contributed by atoms with Gasteiger partial charge in [-0.2, -0.15) is 0 Å². The Labute approximate surface area is 32.0 Å². The van der Waals surface area contributed by atoms with E-state index in [2.05, 4.69) is 0 Å². The molecular weight excluding hydrogens is 110 g/mol. The van der Waals surface area contributed by atoms with Gasteiger partial charge in [0.2, 0.25) is 0 Å². The smallest absolute Gasteiger partial charge is 0.266 e. The lowest BCUT2D eigenvalue weighted by atomic mass is 15.9. The molecule has 0 N–H and O–H groups in total. The van der Waals surface area contributed by atoms with Crippen molar-refractivity contribution in [2.24, 2.45) is 0 Å². The molecule has 0 fully saturated rings. The third-order valence-corrected chi connectivity index (χ3v) is 0. The number of hydrogen-bond donors (Lipinski definition) is 0. The van der Waals surface area contributed by atoms with Gasteiger partial charge in [0.15, 0.2) is 9.91 Å². The molecule has 0 saturated heterocycles. The Bertz CT molecular complexity index is 58.0. The van der Waals surface area contributed by atoms with Gasteiger partial charge in [0.1, 0.15) is 0 Å². The molecule has 0 bridgehead atoms. The molecule has 0 amide bonds. The Morgan fingerprint density at radius 2 is 1.40 bits per heavy atom. The average molecular weight is 114 g/mol. The molecule has 0 aliphatic rings. The van der Waals surface area contributed by atoms with Crippen LogP contribution >= 0.6 is 7.23 Å². The normalized spacial score (nSPS) is 5.60. The van der Waals surface area contributed by atoms with E-state index < -0.39 is 7.23 Å². The predicted molar refractivity (Wildman–Crippen MR) is 20.7 cm³/mol. The first-order valence-electron chi connectivity index (χ1n) is 0.812. The molecule has 0 aliphatic carbocycles. The van der Waals surface area contributed by atoms with Crippen LogP contribution in [0.15, 0.2) is 0 Å². The van der Waals surface area contributed by atoms with E-state index in [1.807, 2.05) is 0 Å². The van der Waals surface area contributed by atoms with Gasteiger partial charge in [0, 0.05) is 0 Å². The van der Waals surface area contributed by atoms with Crippen LogP contribution in [0.1, 0.15) is 0 Å². The van der Waals surface area contributed by atoms with E-state index in [0.717, 1.165) is 0 Å². The van der Waals surface area contributed by atoms with Crippen molar-refractivity contribution in [3.8, 4) is 0 Å². The zero-order valence-electron chi connectivity index (χ0n) is 2.67. The van der Waals surface area contributed by atoms with Gasteiger partial charge in [-0.3, -0.25) is 4.70 Å².